The van der Waals surface area contributed by atoms with E-state index < -0.39 is 5.97 Å². The number of hydrogen-bond acceptors (Lipinski definition) is 4. The molecular weight excluding hydrogens is 380 g/mol. The number of aliphatic hydroxyl groups is 1. The maximum atomic E-state index is 12.0. The molecule has 4 fully saturated rings. The van der Waals surface area contributed by atoms with Crippen molar-refractivity contribution in [3.63, 3.8) is 0 Å². The quantitative estimate of drug-likeness (QED) is 0.624. The molecule has 0 aromatic carbocycles. The van der Waals surface area contributed by atoms with Gasteiger partial charge in [-0.15, -0.1) is 0 Å². The number of ether oxygens (including phenoxy) is 1. The van der Waals surface area contributed by atoms with Gasteiger partial charge in [-0.3, -0.25) is 9.59 Å². The summed E-state index contributed by atoms with van der Waals surface area (Å²) in [6.45, 7) is 6.95. The molecule has 4 aliphatic carbocycles. The first-order chi connectivity index (χ1) is 14.1. The minimum atomic E-state index is -0.949. The lowest BCUT2D eigenvalue weighted by Gasteiger charge is -2.61. The summed E-state index contributed by atoms with van der Waals surface area (Å²) in [6, 6.07) is 0. The molecule has 0 aromatic rings. The fourth-order valence-electron chi connectivity index (χ4n) is 8.61. The van der Waals surface area contributed by atoms with Gasteiger partial charge >= 0.3 is 11.9 Å². The van der Waals surface area contributed by atoms with Gasteiger partial charge in [-0.1, -0.05) is 13.8 Å². The maximum Gasteiger partial charge on any atom is 0.306 e. The molecule has 4 saturated carbocycles. The SMILES string of the molecule is CC(O)C1CCC2C3CC[C@H]4CC(OC(=O)CCC(=O)O)CCC4(C)C3CCC12C. The molecule has 0 amide bonds. The van der Waals surface area contributed by atoms with Gasteiger partial charge in [-0.25, -0.2) is 0 Å². The maximum absolute atomic E-state index is 12.0. The minimum Gasteiger partial charge on any atom is -0.481 e. The highest BCUT2D eigenvalue weighted by atomic mass is 16.5. The second-order valence-electron chi connectivity index (χ2n) is 11.4. The third-order valence-electron chi connectivity index (χ3n) is 10.1. The van der Waals surface area contributed by atoms with Crippen molar-refractivity contribution >= 4 is 11.9 Å². The third kappa shape index (κ3) is 3.69. The van der Waals surface area contributed by atoms with Gasteiger partial charge in [0.1, 0.15) is 6.10 Å². The standard InChI is InChI=1S/C25H40O5/c1-15(26)19-6-7-20-18-5-4-16-14-17(30-23(29)9-8-22(27)28)10-12-24(16,2)21(18)11-13-25(19,20)3/h15-21,26H,4-14H2,1-3H3,(H,27,28)/t15?,16-,17?,18?,19?,20?,21?,24?,25?/m0/s1. The summed E-state index contributed by atoms with van der Waals surface area (Å²) in [5.74, 6) is 2.03. The van der Waals surface area contributed by atoms with Crippen LogP contribution in [0, 0.1) is 40.4 Å². The van der Waals surface area contributed by atoms with Gasteiger partial charge in [0, 0.05) is 0 Å². The average Bonchev–Trinajstić information content (AvgIpc) is 3.04. The lowest BCUT2D eigenvalue weighted by molar-refractivity contribution is -0.164. The Hall–Kier alpha value is -1.10. The number of carboxylic acid groups (broad SMARTS) is 1. The number of rotatable bonds is 5. The predicted octanol–water partition coefficient (Wildman–Crippen LogP) is 4.80. The minimum absolute atomic E-state index is 0.0246. The molecule has 0 saturated heterocycles. The van der Waals surface area contributed by atoms with Crippen LogP contribution in [0.2, 0.25) is 0 Å². The van der Waals surface area contributed by atoms with E-state index in [1.807, 2.05) is 6.92 Å². The molecule has 4 rings (SSSR count). The molecule has 2 N–H and O–H groups in total. The van der Waals surface area contributed by atoms with E-state index in [-0.39, 0.29) is 31.0 Å². The van der Waals surface area contributed by atoms with Crippen molar-refractivity contribution in [2.24, 2.45) is 40.4 Å². The van der Waals surface area contributed by atoms with Crippen LogP contribution in [-0.4, -0.2) is 34.4 Å². The Balaban J connectivity index is 1.41. The molecule has 30 heavy (non-hydrogen) atoms. The largest absolute Gasteiger partial charge is 0.481 e. The molecule has 170 valence electrons. The number of carbonyl (C=O) groups is 2. The smallest absolute Gasteiger partial charge is 0.306 e. The number of hydrogen-bond donors (Lipinski definition) is 2. The monoisotopic (exact) mass is 420 g/mol. The fourth-order valence-corrected chi connectivity index (χ4v) is 8.61. The molecule has 0 aromatic heterocycles. The Morgan fingerprint density at radius 1 is 0.967 bits per heavy atom. The second-order valence-corrected chi connectivity index (χ2v) is 11.4. The zero-order chi connectivity index (χ0) is 21.7. The van der Waals surface area contributed by atoms with Crippen LogP contribution in [0.1, 0.15) is 91.4 Å². The van der Waals surface area contributed by atoms with Crippen LogP contribution in [0.5, 0.6) is 0 Å². The van der Waals surface area contributed by atoms with Crippen LogP contribution in [0.3, 0.4) is 0 Å². The lowest BCUT2D eigenvalue weighted by atomic mass is 9.44. The predicted molar refractivity (Wildman–Crippen MR) is 114 cm³/mol. The van der Waals surface area contributed by atoms with Gasteiger partial charge in [0.2, 0.25) is 0 Å². The number of fused-ring (bicyclic) bond motifs is 5. The average molecular weight is 421 g/mol. The van der Waals surface area contributed by atoms with Crippen molar-refractivity contribution in [2.45, 2.75) is 104 Å². The van der Waals surface area contributed by atoms with Crippen molar-refractivity contribution in [2.75, 3.05) is 0 Å². The molecule has 4 aliphatic rings. The Bertz CT molecular complexity index is 674. The lowest BCUT2D eigenvalue weighted by Crippen LogP contribution is -2.54. The summed E-state index contributed by atoms with van der Waals surface area (Å²) in [6.07, 6.45) is 10.0. The first-order valence-electron chi connectivity index (χ1n) is 12.2. The van der Waals surface area contributed by atoms with Crippen molar-refractivity contribution in [1.82, 2.24) is 0 Å². The normalized spacial score (nSPS) is 46.3. The third-order valence-corrected chi connectivity index (χ3v) is 10.1. The van der Waals surface area contributed by atoms with Crippen molar-refractivity contribution < 1.29 is 24.5 Å². The first-order valence-corrected chi connectivity index (χ1v) is 12.2. The van der Waals surface area contributed by atoms with E-state index in [4.69, 9.17) is 9.84 Å². The van der Waals surface area contributed by atoms with E-state index in [1.165, 1.54) is 38.5 Å². The van der Waals surface area contributed by atoms with Gasteiger partial charge < -0.3 is 14.9 Å². The number of aliphatic carboxylic acids is 1. The van der Waals surface area contributed by atoms with Crippen molar-refractivity contribution in [3.05, 3.63) is 0 Å². The molecule has 5 nitrogen and oxygen atoms in total. The van der Waals surface area contributed by atoms with Crippen LogP contribution < -0.4 is 0 Å². The van der Waals surface area contributed by atoms with Gasteiger partial charge in [-0.2, -0.15) is 0 Å². The summed E-state index contributed by atoms with van der Waals surface area (Å²) in [4.78, 5) is 22.7. The van der Waals surface area contributed by atoms with Crippen LogP contribution in [0.25, 0.3) is 0 Å². The van der Waals surface area contributed by atoms with Crippen LogP contribution >= 0.6 is 0 Å². The summed E-state index contributed by atoms with van der Waals surface area (Å²) in [7, 11) is 0. The van der Waals surface area contributed by atoms with E-state index in [0.717, 1.165) is 37.0 Å². The number of carbonyl (C=O) groups excluding carboxylic acids is 1. The summed E-state index contributed by atoms with van der Waals surface area (Å²) < 4.78 is 5.67. The van der Waals surface area contributed by atoms with E-state index in [0.29, 0.717) is 22.7 Å². The van der Waals surface area contributed by atoms with E-state index in [9.17, 15) is 14.7 Å². The molecule has 0 aliphatic heterocycles. The van der Waals surface area contributed by atoms with Gasteiger partial charge in [-0.05, 0) is 105 Å². The van der Waals surface area contributed by atoms with Gasteiger partial charge in [0.05, 0.1) is 18.9 Å². The van der Waals surface area contributed by atoms with Crippen LogP contribution in [0.4, 0.5) is 0 Å². The van der Waals surface area contributed by atoms with E-state index >= 15 is 0 Å². The number of aliphatic hydroxyl groups excluding tert-OH is 1. The van der Waals surface area contributed by atoms with Crippen molar-refractivity contribution in [1.29, 1.82) is 0 Å². The highest BCUT2D eigenvalue weighted by Crippen LogP contribution is 2.67. The summed E-state index contributed by atoms with van der Waals surface area (Å²) in [5.41, 5.74) is 0.631. The van der Waals surface area contributed by atoms with Crippen LogP contribution in [0.15, 0.2) is 0 Å². The number of carboxylic acids is 1. The molecule has 0 bridgehead atoms. The van der Waals surface area contributed by atoms with Crippen molar-refractivity contribution in [3.8, 4) is 0 Å². The molecule has 9 atom stereocenters. The Kier molecular flexibility index (Phi) is 5.97. The van der Waals surface area contributed by atoms with E-state index in [2.05, 4.69) is 13.8 Å². The molecule has 0 spiro atoms. The Morgan fingerprint density at radius 2 is 1.67 bits per heavy atom. The van der Waals surface area contributed by atoms with Crippen LogP contribution in [-0.2, 0) is 14.3 Å². The fraction of sp³-hybridized carbons (Fsp3) is 0.920. The van der Waals surface area contributed by atoms with Gasteiger partial charge in [0.15, 0.2) is 0 Å². The zero-order valence-corrected chi connectivity index (χ0v) is 18.9. The first kappa shape index (κ1) is 22.1. The molecule has 5 heteroatoms. The molecule has 0 heterocycles. The van der Waals surface area contributed by atoms with Gasteiger partial charge in [0.25, 0.3) is 0 Å². The Morgan fingerprint density at radius 3 is 2.37 bits per heavy atom. The topological polar surface area (TPSA) is 83.8 Å². The highest BCUT2D eigenvalue weighted by Gasteiger charge is 2.60. The highest BCUT2D eigenvalue weighted by molar-refractivity contribution is 5.76. The second kappa shape index (κ2) is 8.11. The summed E-state index contributed by atoms with van der Waals surface area (Å²) >= 11 is 0. The molecule has 0 radical (unpaired) electrons. The molecule has 8 unspecified atom stereocenters. The summed E-state index contributed by atoms with van der Waals surface area (Å²) in [5, 5.41) is 19.2. The zero-order valence-electron chi connectivity index (χ0n) is 18.9. The Labute approximate surface area is 180 Å². The molecular formula is C25H40O5. The number of esters is 1. The van der Waals surface area contributed by atoms with E-state index in [1.54, 1.807) is 0 Å².